The van der Waals surface area contributed by atoms with Gasteiger partial charge in [-0.15, -0.1) is 0 Å². The molecule has 0 bridgehead atoms. The molecule has 1 aliphatic carbocycles. The minimum Gasteiger partial charge on any atom is -0.426 e. The monoisotopic (exact) mass is 218 g/mol. The van der Waals surface area contributed by atoms with Gasteiger partial charge in [0.05, 0.1) is 5.92 Å². The Labute approximate surface area is 96.6 Å². The molecule has 1 aromatic carbocycles. The topological polar surface area (TPSA) is 26.3 Å². The van der Waals surface area contributed by atoms with Gasteiger partial charge in [-0.2, -0.15) is 0 Å². The zero-order valence-electron chi connectivity index (χ0n) is 9.52. The van der Waals surface area contributed by atoms with Gasteiger partial charge in [-0.25, -0.2) is 0 Å². The molecule has 86 valence electrons. The van der Waals surface area contributed by atoms with Crippen LogP contribution in [0.25, 0.3) is 0 Å². The molecule has 2 nitrogen and oxygen atoms in total. The maximum Gasteiger partial charge on any atom is 0.314 e. The highest BCUT2D eigenvalue weighted by Gasteiger charge is 2.21. The highest BCUT2D eigenvalue weighted by atomic mass is 16.5. The first-order valence-electron chi connectivity index (χ1n) is 6.13. The molecule has 0 amide bonds. The van der Waals surface area contributed by atoms with Crippen molar-refractivity contribution in [2.24, 2.45) is 5.92 Å². The predicted molar refractivity (Wildman–Crippen MR) is 63.3 cm³/mol. The van der Waals surface area contributed by atoms with Crippen LogP contribution in [-0.4, -0.2) is 5.97 Å². The van der Waals surface area contributed by atoms with Crippen LogP contribution in [0.5, 0.6) is 5.75 Å². The molecule has 0 heterocycles. The van der Waals surface area contributed by atoms with Gasteiger partial charge in [-0.05, 0) is 25.0 Å². The molecule has 0 saturated heterocycles. The van der Waals surface area contributed by atoms with Gasteiger partial charge in [0.2, 0.25) is 0 Å². The van der Waals surface area contributed by atoms with E-state index in [4.69, 9.17) is 4.74 Å². The van der Waals surface area contributed by atoms with Crippen molar-refractivity contribution in [3.63, 3.8) is 0 Å². The average molecular weight is 218 g/mol. The van der Waals surface area contributed by atoms with E-state index in [-0.39, 0.29) is 11.9 Å². The second kappa shape index (κ2) is 5.69. The number of benzene rings is 1. The van der Waals surface area contributed by atoms with Gasteiger partial charge in [0, 0.05) is 0 Å². The third kappa shape index (κ3) is 3.09. The Morgan fingerprint density at radius 2 is 1.62 bits per heavy atom. The molecule has 0 aromatic heterocycles. The van der Waals surface area contributed by atoms with E-state index in [1.54, 1.807) is 0 Å². The van der Waals surface area contributed by atoms with Gasteiger partial charge in [-0.3, -0.25) is 4.79 Å². The number of carbonyl (C=O) groups is 1. The summed E-state index contributed by atoms with van der Waals surface area (Å²) in [7, 11) is 0. The summed E-state index contributed by atoms with van der Waals surface area (Å²) >= 11 is 0. The molecule has 0 N–H and O–H groups in total. The van der Waals surface area contributed by atoms with Crippen LogP contribution in [0.3, 0.4) is 0 Å². The molecular formula is C14H18O2. The van der Waals surface area contributed by atoms with Crippen molar-refractivity contribution in [1.29, 1.82) is 0 Å². The number of para-hydroxylation sites is 1. The highest BCUT2D eigenvalue weighted by molar-refractivity contribution is 5.75. The second-order valence-corrected chi connectivity index (χ2v) is 4.42. The van der Waals surface area contributed by atoms with Crippen LogP contribution < -0.4 is 4.74 Å². The quantitative estimate of drug-likeness (QED) is 0.431. The lowest BCUT2D eigenvalue weighted by Crippen LogP contribution is -2.19. The van der Waals surface area contributed by atoms with Gasteiger partial charge in [-0.1, -0.05) is 43.9 Å². The predicted octanol–water partition coefficient (Wildman–Crippen LogP) is 3.56. The van der Waals surface area contributed by atoms with Crippen LogP contribution in [0.2, 0.25) is 0 Å². The lowest BCUT2D eigenvalue weighted by Gasteiger charge is -2.12. The fraction of sp³-hybridized carbons (Fsp3) is 0.500. The molecule has 0 spiro atoms. The lowest BCUT2D eigenvalue weighted by atomic mass is 10.0. The summed E-state index contributed by atoms with van der Waals surface area (Å²) in [4.78, 5) is 11.9. The Hall–Kier alpha value is -1.31. The van der Waals surface area contributed by atoms with E-state index in [0.29, 0.717) is 5.75 Å². The Morgan fingerprint density at radius 1 is 1.00 bits per heavy atom. The van der Waals surface area contributed by atoms with Crippen LogP contribution in [0.1, 0.15) is 38.5 Å². The van der Waals surface area contributed by atoms with Crippen molar-refractivity contribution in [2.45, 2.75) is 38.5 Å². The first-order chi connectivity index (χ1) is 7.86. The van der Waals surface area contributed by atoms with Crippen molar-refractivity contribution in [1.82, 2.24) is 0 Å². The van der Waals surface area contributed by atoms with E-state index < -0.39 is 0 Å². The first kappa shape index (κ1) is 11.2. The van der Waals surface area contributed by atoms with Crippen molar-refractivity contribution in [2.75, 3.05) is 0 Å². The normalized spacial score (nSPS) is 17.8. The summed E-state index contributed by atoms with van der Waals surface area (Å²) in [6.45, 7) is 0. The molecule has 1 saturated carbocycles. The summed E-state index contributed by atoms with van der Waals surface area (Å²) in [5, 5.41) is 0. The highest BCUT2D eigenvalue weighted by Crippen LogP contribution is 2.24. The summed E-state index contributed by atoms with van der Waals surface area (Å²) in [6, 6.07) is 9.34. The summed E-state index contributed by atoms with van der Waals surface area (Å²) in [5.41, 5.74) is 0. The molecule has 0 unspecified atom stereocenters. The fourth-order valence-electron chi connectivity index (χ4n) is 2.20. The number of esters is 1. The van der Waals surface area contributed by atoms with Gasteiger partial charge in [0.25, 0.3) is 0 Å². The second-order valence-electron chi connectivity index (χ2n) is 4.42. The molecule has 2 heteroatoms. The van der Waals surface area contributed by atoms with Gasteiger partial charge < -0.3 is 4.74 Å². The summed E-state index contributed by atoms with van der Waals surface area (Å²) in [5.74, 6) is 0.729. The zero-order valence-corrected chi connectivity index (χ0v) is 9.52. The Balaban J connectivity index is 1.92. The van der Waals surface area contributed by atoms with Crippen molar-refractivity contribution < 1.29 is 9.53 Å². The van der Waals surface area contributed by atoms with E-state index in [0.717, 1.165) is 25.7 Å². The average Bonchev–Trinajstić information content (AvgIpc) is 2.59. The van der Waals surface area contributed by atoms with Crippen LogP contribution >= 0.6 is 0 Å². The fourth-order valence-corrected chi connectivity index (χ4v) is 2.20. The number of carbonyl (C=O) groups excluding carboxylic acids is 1. The van der Waals surface area contributed by atoms with Crippen molar-refractivity contribution in [3.05, 3.63) is 30.3 Å². The third-order valence-corrected chi connectivity index (χ3v) is 3.15. The molecule has 1 fully saturated rings. The van der Waals surface area contributed by atoms with E-state index in [9.17, 15) is 4.79 Å². The molecule has 0 radical (unpaired) electrons. The third-order valence-electron chi connectivity index (χ3n) is 3.15. The van der Waals surface area contributed by atoms with Crippen molar-refractivity contribution >= 4 is 5.97 Å². The molecule has 16 heavy (non-hydrogen) atoms. The number of rotatable bonds is 2. The minimum atomic E-state index is -0.0481. The van der Waals surface area contributed by atoms with Crippen LogP contribution in [0.15, 0.2) is 30.3 Å². The Kier molecular flexibility index (Phi) is 3.97. The maximum absolute atomic E-state index is 11.9. The number of hydrogen-bond acceptors (Lipinski definition) is 2. The van der Waals surface area contributed by atoms with E-state index in [1.807, 2.05) is 30.3 Å². The van der Waals surface area contributed by atoms with E-state index >= 15 is 0 Å². The van der Waals surface area contributed by atoms with Gasteiger partial charge >= 0.3 is 5.97 Å². The molecule has 1 aliphatic rings. The molecular weight excluding hydrogens is 200 g/mol. The Morgan fingerprint density at radius 3 is 2.25 bits per heavy atom. The maximum atomic E-state index is 11.9. The van der Waals surface area contributed by atoms with Gasteiger partial charge in [0.1, 0.15) is 5.75 Å². The smallest absolute Gasteiger partial charge is 0.314 e. The minimum absolute atomic E-state index is 0.0481. The largest absolute Gasteiger partial charge is 0.426 e. The molecule has 0 atom stereocenters. The van der Waals surface area contributed by atoms with Gasteiger partial charge in [0.15, 0.2) is 0 Å². The van der Waals surface area contributed by atoms with Crippen LogP contribution in [0.4, 0.5) is 0 Å². The number of hydrogen-bond donors (Lipinski definition) is 0. The van der Waals surface area contributed by atoms with Crippen LogP contribution in [0, 0.1) is 5.92 Å². The number of ether oxygens (including phenoxy) is 1. The standard InChI is InChI=1S/C14H18O2/c15-14(12-8-4-1-2-5-9-12)16-13-10-6-3-7-11-13/h3,6-7,10-12H,1-2,4-5,8-9H2. The van der Waals surface area contributed by atoms with E-state index in [1.165, 1.54) is 12.8 Å². The van der Waals surface area contributed by atoms with Crippen molar-refractivity contribution in [3.8, 4) is 5.75 Å². The van der Waals surface area contributed by atoms with E-state index in [2.05, 4.69) is 0 Å². The van der Waals surface area contributed by atoms with Crippen LogP contribution in [-0.2, 0) is 4.79 Å². The SMILES string of the molecule is O=C(Oc1ccccc1)C1CCCCCC1. The first-order valence-corrected chi connectivity index (χ1v) is 6.13. The molecule has 1 aromatic rings. The zero-order chi connectivity index (χ0) is 11.2. The molecule has 2 rings (SSSR count). The molecule has 0 aliphatic heterocycles. The lowest BCUT2D eigenvalue weighted by molar-refractivity contribution is -0.139. The summed E-state index contributed by atoms with van der Waals surface area (Å²) < 4.78 is 5.37. The Bertz CT molecular complexity index is 324. The summed E-state index contributed by atoms with van der Waals surface area (Å²) in [6.07, 6.45) is 6.82.